The Labute approximate surface area is 65.6 Å². The molecule has 0 aromatic rings. The minimum absolute atomic E-state index is 0.517. The Morgan fingerprint density at radius 1 is 1.33 bits per heavy atom. The highest BCUT2D eigenvalue weighted by atomic mass is 32.1. The molecule has 0 amide bonds. The van der Waals surface area contributed by atoms with Gasteiger partial charge in [-0.3, -0.25) is 0 Å². The molecule has 0 atom stereocenters. The van der Waals surface area contributed by atoms with Gasteiger partial charge in [-0.2, -0.15) is 0 Å². The van der Waals surface area contributed by atoms with E-state index in [2.05, 4.69) is 33.3 Å². The van der Waals surface area contributed by atoms with Crippen molar-refractivity contribution < 1.29 is 0 Å². The summed E-state index contributed by atoms with van der Waals surface area (Å²) in [6.45, 7) is 6.85. The van der Waals surface area contributed by atoms with E-state index in [0.29, 0.717) is 5.41 Å². The number of thiol groups is 1. The van der Waals surface area contributed by atoms with Gasteiger partial charge in [-0.05, 0) is 5.41 Å². The zero-order valence-electron chi connectivity index (χ0n) is 6.78. The van der Waals surface area contributed by atoms with E-state index < -0.39 is 0 Å². The van der Waals surface area contributed by atoms with E-state index in [-0.39, 0.29) is 0 Å². The summed E-state index contributed by atoms with van der Waals surface area (Å²) in [6.07, 6.45) is 3.69. The summed E-state index contributed by atoms with van der Waals surface area (Å²) in [4.78, 5) is 0. The minimum atomic E-state index is 0.517. The van der Waals surface area contributed by atoms with Gasteiger partial charge >= 0.3 is 0 Å². The molecule has 0 aliphatic heterocycles. The van der Waals surface area contributed by atoms with Gasteiger partial charge < -0.3 is 0 Å². The maximum atomic E-state index is 4.15. The smallest absolute Gasteiger partial charge is 0.151 e. The first-order chi connectivity index (χ1) is 4.06. The van der Waals surface area contributed by atoms with Gasteiger partial charge in [0.2, 0.25) is 0 Å². The van der Waals surface area contributed by atoms with E-state index >= 15 is 0 Å². The third kappa shape index (κ3) is 8.48. The van der Waals surface area contributed by atoms with Gasteiger partial charge in [0.05, 0.1) is 0 Å². The Bertz CT molecular complexity index is 67.9. The van der Waals surface area contributed by atoms with E-state index in [1.54, 1.807) is 0 Å². The van der Waals surface area contributed by atoms with E-state index in [0.717, 1.165) is 6.45 Å². The van der Waals surface area contributed by atoms with Crippen LogP contribution in [-0.2, 0) is 0 Å². The van der Waals surface area contributed by atoms with Crippen LogP contribution >= 0.6 is 12.5 Å². The Morgan fingerprint density at radius 2 is 1.89 bits per heavy atom. The monoisotopic (exact) mass is 142 g/mol. The van der Waals surface area contributed by atoms with E-state index in [1.165, 1.54) is 19.9 Å². The molecular weight excluding hydrogens is 126 g/mol. The molecule has 0 aliphatic rings. The molecule has 0 aromatic heterocycles. The molecule has 0 rings (SSSR count). The molecule has 52 valence electrons. The molecule has 0 heterocycles. The van der Waals surface area contributed by atoms with Crippen LogP contribution in [0, 0.1) is 5.41 Å². The van der Waals surface area contributed by atoms with Crippen LogP contribution < -0.4 is 0 Å². The lowest BCUT2D eigenvalue weighted by molar-refractivity contribution is 0.398. The standard InChI is InChI=1S/C6H16B2S/c1-6(2,3)4-5-7-8-9/h7-9H,4-5H2,1-3H3. The lowest BCUT2D eigenvalue weighted by Crippen LogP contribution is -2.07. The normalized spacial score (nSPS) is 11.1. The molecule has 0 fully saturated rings. The zero-order chi connectivity index (χ0) is 7.33. The van der Waals surface area contributed by atoms with Crippen molar-refractivity contribution in [2.75, 3.05) is 0 Å². The highest BCUT2D eigenvalue weighted by Gasteiger charge is 2.08. The van der Waals surface area contributed by atoms with E-state index in [1.807, 2.05) is 0 Å². The second kappa shape index (κ2) is 4.32. The Hall–Kier alpha value is 0.480. The van der Waals surface area contributed by atoms with Gasteiger partial charge in [-0.1, -0.05) is 33.5 Å². The van der Waals surface area contributed by atoms with Crippen LogP contribution in [0.4, 0.5) is 0 Å². The molecule has 0 nitrogen and oxygen atoms in total. The summed E-state index contributed by atoms with van der Waals surface area (Å²) in [5, 5.41) is 0. The van der Waals surface area contributed by atoms with Gasteiger partial charge in [0.1, 0.15) is 7.17 Å². The molecular formula is C6H16B2S. The van der Waals surface area contributed by atoms with Crippen molar-refractivity contribution in [1.29, 1.82) is 0 Å². The van der Waals surface area contributed by atoms with Gasteiger partial charge in [0, 0.05) is 0 Å². The predicted molar refractivity (Wildman–Crippen MR) is 52.2 cm³/mol. The topological polar surface area (TPSA) is 0 Å². The van der Waals surface area contributed by atoms with Crippen molar-refractivity contribution >= 4 is 26.1 Å². The quantitative estimate of drug-likeness (QED) is 0.344. The first-order valence-corrected chi connectivity index (χ1v) is 4.30. The number of hydrogen-bond donors (Lipinski definition) is 1. The van der Waals surface area contributed by atoms with Crippen LogP contribution in [-0.4, -0.2) is 13.6 Å². The largest absolute Gasteiger partial charge is 0.241 e. The fraction of sp³-hybridized carbons (Fsp3) is 1.00. The molecule has 0 bridgehead atoms. The summed E-state index contributed by atoms with van der Waals surface area (Å²) < 4.78 is 0. The van der Waals surface area contributed by atoms with Crippen LogP contribution in [0.3, 0.4) is 0 Å². The average molecular weight is 142 g/mol. The Kier molecular flexibility index (Phi) is 4.55. The molecule has 0 radical (unpaired) electrons. The molecule has 9 heavy (non-hydrogen) atoms. The van der Waals surface area contributed by atoms with Crippen LogP contribution in [0.5, 0.6) is 0 Å². The summed E-state index contributed by atoms with van der Waals surface area (Å²) >= 11 is 4.15. The SMILES string of the molecule is CC(C)(C)CCBBS. The number of hydrogen-bond acceptors (Lipinski definition) is 1. The molecule has 0 saturated heterocycles. The fourth-order valence-corrected chi connectivity index (χ4v) is 0.991. The summed E-state index contributed by atoms with van der Waals surface area (Å²) in [6, 6.07) is 0. The van der Waals surface area contributed by atoms with Crippen molar-refractivity contribution in [2.24, 2.45) is 5.41 Å². The van der Waals surface area contributed by atoms with Crippen molar-refractivity contribution in [3.05, 3.63) is 0 Å². The molecule has 0 unspecified atom stereocenters. The maximum Gasteiger partial charge on any atom is 0.151 e. The van der Waals surface area contributed by atoms with Crippen LogP contribution in [0.1, 0.15) is 27.2 Å². The third-order valence-corrected chi connectivity index (χ3v) is 1.65. The molecule has 0 N–H and O–H groups in total. The van der Waals surface area contributed by atoms with Crippen LogP contribution in [0.2, 0.25) is 6.32 Å². The highest BCUT2D eigenvalue weighted by molar-refractivity contribution is 8.12. The molecule has 0 saturated carbocycles. The minimum Gasteiger partial charge on any atom is -0.241 e. The summed E-state index contributed by atoms with van der Waals surface area (Å²) in [5.41, 5.74) is 0.517. The van der Waals surface area contributed by atoms with Crippen molar-refractivity contribution in [1.82, 2.24) is 0 Å². The van der Waals surface area contributed by atoms with Crippen LogP contribution in [0.15, 0.2) is 0 Å². The molecule has 0 aromatic carbocycles. The van der Waals surface area contributed by atoms with E-state index in [9.17, 15) is 0 Å². The van der Waals surface area contributed by atoms with Gasteiger partial charge in [0.15, 0.2) is 6.45 Å². The molecule has 0 aliphatic carbocycles. The average Bonchev–Trinajstić information content (AvgIpc) is 1.63. The maximum absolute atomic E-state index is 4.15. The second-order valence-electron chi connectivity index (χ2n) is 3.74. The highest BCUT2D eigenvalue weighted by Crippen LogP contribution is 2.20. The summed E-state index contributed by atoms with van der Waals surface area (Å²) in [7, 11) is 1.26. The lowest BCUT2D eigenvalue weighted by Gasteiger charge is -2.16. The first-order valence-electron chi connectivity index (χ1n) is 3.67. The molecule has 3 heteroatoms. The van der Waals surface area contributed by atoms with Crippen molar-refractivity contribution in [3.63, 3.8) is 0 Å². The van der Waals surface area contributed by atoms with Gasteiger partial charge in [-0.25, -0.2) is 12.5 Å². The fourth-order valence-electron chi connectivity index (χ4n) is 0.767. The number of rotatable bonds is 3. The third-order valence-electron chi connectivity index (χ3n) is 1.33. The van der Waals surface area contributed by atoms with E-state index in [4.69, 9.17) is 0 Å². The second-order valence-corrected chi connectivity index (χ2v) is 4.19. The zero-order valence-corrected chi connectivity index (χ0v) is 7.67. The van der Waals surface area contributed by atoms with Gasteiger partial charge in [0.25, 0.3) is 0 Å². The molecule has 0 spiro atoms. The Balaban J connectivity index is 3.07. The summed E-state index contributed by atoms with van der Waals surface area (Å²) in [5.74, 6) is 0. The van der Waals surface area contributed by atoms with Gasteiger partial charge in [-0.15, -0.1) is 0 Å². The van der Waals surface area contributed by atoms with Crippen LogP contribution in [0.25, 0.3) is 0 Å². The van der Waals surface area contributed by atoms with Crippen molar-refractivity contribution in [3.8, 4) is 0 Å². The van der Waals surface area contributed by atoms with Crippen molar-refractivity contribution in [2.45, 2.75) is 33.5 Å². The predicted octanol–water partition coefficient (Wildman–Crippen LogP) is 1.47. The lowest BCUT2D eigenvalue weighted by atomic mass is 9.50. The first kappa shape index (κ1) is 9.48. The Morgan fingerprint density at radius 3 is 2.22 bits per heavy atom.